The van der Waals surface area contributed by atoms with Crippen LogP contribution in [0.3, 0.4) is 0 Å². The second-order valence-electron chi connectivity index (χ2n) is 7.53. The van der Waals surface area contributed by atoms with Gasteiger partial charge in [0.2, 0.25) is 5.91 Å². The molecule has 0 saturated carbocycles. The molecule has 5 nitrogen and oxygen atoms in total. The molecule has 28 heavy (non-hydrogen) atoms. The van der Waals surface area contributed by atoms with E-state index in [0.717, 1.165) is 47.2 Å². The molecule has 2 heterocycles. The molecule has 2 aliphatic rings. The maximum atomic E-state index is 13.3. The maximum absolute atomic E-state index is 13.3. The van der Waals surface area contributed by atoms with Gasteiger partial charge in [0, 0.05) is 23.7 Å². The molecule has 1 aromatic carbocycles. The fraction of sp³-hybridized carbons (Fsp3) is 0.318. The van der Waals surface area contributed by atoms with Crippen molar-refractivity contribution in [2.24, 2.45) is 0 Å². The van der Waals surface area contributed by atoms with Gasteiger partial charge in [0.15, 0.2) is 0 Å². The summed E-state index contributed by atoms with van der Waals surface area (Å²) in [7, 11) is 0. The Morgan fingerprint density at radius 2 is 2.07 bits per heavy atom. The van der Waals surface area contributed by atoms with Crippen molar-refractivity contribution in [1.82, 2.24) is 10.3 Å². The van der Waals surface area contributed by atoms with E-state index in [1.807, 2.05) is 13.0 Å². The van der Waals surface area contributed by atoms with E-state index in [1.165, 1.54) is 6.92 Å². The summed E-state index contributed by atoms with van der Waals surface area (Å²) in [4.78, 5) is 31.1. The van der Waals surface area contributed by atoms with Gasteiger partial charge in [0.1, 0.15) is 0 Å². The van der Waals surface area contributed by atoms with Gasteiger partial charge in [-0.3, -0.25) is 19.5 Å². The van der Waals surface area contributed by atoms with Crippen molar-refractivity contribution in [3.8, 4) is 0 Å². The molecule has 0 bridgehead atoms. The minimum Gasteiger partial charge on any atom is -0.349 e. The van der Waals surface area contributed by atoms with Gasteiger partial charge < -0.3 is 5.32 Å². The summed E-state index contributed by atoms with van der Waals surface area (Å²) >= 11 is 6.21. The number of pyridine rings is 1. The standard InChI is InChI=1S/C22H22ClN3O2/c1-12(2)21-17-9-14(23)7-8-16(17)22(28)26(21)20-11-24-10-18-15(20)5-4-6-19(18)25-13(3)27/h7-11,19,21H,1,4-6H2,2-3H3,(H,25,27)/t19-,21+/m1/s1. The summed E-state index contributed by atoms with van der Waals surface area (Å²) < 4.78 is 0. The maximum Gasteiger partial charge on any atom is 0.259 e. The van der Waals surface area contributed by atoms with Crippen molar-refractivity contribution >= 4 is 29.1 Å². The minimum absolute atomic E-state index is 0.0673. The highest BCUT2D eigenvalue weighted by molar-refractivity contribution is 6.31. The van der Waals surface area contributed by atoms with Crippen LogP contribution in [0, 0.1) is 0 Å². The lowest BCUT2D eigenvalue weighted by Gasteiger charge is -2.32. The Balaban J connectivity index is 1.84. The monoisotopic (exact) mass is 395 g/mol. The molecular formula is C22H22ClN3O2. The van der Waals surface area contributed by atoms with Crippen LogP contribution < -0.4 is 10.2 Å². The molecule has 6 heteroatoms. The highest BCUT2D eigenvalue weighted by atomic mass is 35.5. The van der Waals surface area contributed by atoms with Crippen molar-refractivity contribution in [3.05, 3.63) is 70.0 Å². The van der Waals surface area contributed by atoms with Crippen LogP contribution in [0.5, 0.6) is 0 Å². The lowest BCUT2D eigenvalue weighted by atomic mass is 9.87. The van der Waals surface area contributed by atoms with Crippen LogP contribution in [-0.2, 0) is 11.2 Å². The molecular weight excluding hydrogens is 374 g/mol. The third-order valence-electron chi connectivity index (χ3n) is 5.48. The summed E-state index contributed by atoms with van der Waals surface area (Å²) in [5.74, 6) is -0.140. The Kier molecular flexibility index (Phi) is 4.71. The van der Waals surface area contributed by atoms with Crippen LogP contribution in [0.4, 0.5) is 5.69 Å². The van der Waals surface area contributed by atoms with Crippen LogP contribution in [0.1, 0.15) is 65.8 Å². The predicted molar refractivity (Wildman–Crippen MR) is 110 cm³/mol. The quantitative estimate of drug-likeness (QED) is 0.777. The highest BCUT2D eigenvalue weighted by Crippen LogP contribution is 2.45. The van der Waals surface area contributed by atoms with E-state index in [0.29, 0.717) is 10.6 Å². The third-order valence-corrected chi connectivity index (χ3v) is 5.72. The van der Waals surface area contributed by atoms with Crippen molar-refractivity contribution in [1.29, 1.82) is 0 Å². The van der Waals surface area contributed by atoms with Crippen LogP contribution in [-0.4, -0.2) is 16.8 Å². The number of hydrogen-bond donors (Lipinski definition) is 1. The average Bonchev–Trinajstić information content (AvgIpc) is 2.93. The molecule has 2 amide bonds. The van der Waals surface area contributed by atoms with Gasteiger partial charge in [0.05, 0.1) is 24.0 Å². The third kappa shape index (κ3) is 3.00. The lowest BCUT2D eigenvalue weighted by Crippen LogP contribution is -2.33. The van der Waals surface area contributed by atoms with Crippen molar-refractivity contribution in [2.45, 2.75) is 45.2 Å². The molecule has 0 radical (unpaired) electrons. The zero-order valence-electron chi connectivity index (χ0n) is 16.0. The van der Waals surface area contributed by atoms with E-state index >= 15 is 0 Å². The minimum atomic E-state index is -0.282. The predicted octanol–water partition coefficient (Wildman–Crippen LogP) is 4.53. The number of carbonyl (C=O) groups is 2. The van der Waals surface area contributed by atoms with Crippen LogP contribution in [0.2, 0.25) is 5.02 Å². The fourth-order valence-corrected chi connectivity index (χ4v) is 4.56. The van der Waals surface area contributed by atoms with E-state index in [1.54, 1.807) is 29.4 Å². The Hall–Kier alpha value is -2.66. The largest absolute Gasteiger partial charge is 0.349 e. The number of fused-ring (bicyclic) bond motifs is 2. The van der Waals surface area contributed by atoms with E-state index in [2.05, 4.69) is 16.9 Å². The van der Waals surface area contributed by atoms with Gasteiger partial charge in [-0.1, -0.05) is 23.8 Å². The number of hydrogen-bond acceptors (Lipinski definition) is 3. The topological polar surface area (TPSA) is 62.3 Å². The van der Waals surface area contributed by atoms with E-state index in [9.17, 15) is 9.59 Å². The summed E-state index contributed by atoms with van der Waals surface area (Å²) in [6.45, 7) is 7.57. The first-order chi connectivity index (χ1) is 13.4. The fourth-order valence-electron chi connectivity index (χ4n) is 4.38. The zero-order valence-corrected chi connectivity index (χ0v) is 16.7. The van der Waals surface area contributed by atoms with Gasteiger partial charge in [-0.15, -0.1) is 0 Å². The average molecular weight is 396 g/mol. The molecule has 2 atom stereocenters. The number of amides is 2. The molecule has 144 valence electrons. The molecule has 0 saturated heterocycles. The molecule has 1 aromatic heterocycles. The molecule has 1 N–H and O–H groups in total. The van der Waals surface area contributed by atoms with Crippen molar-refractivity contribution in [3.63, 3.8) is 0 Å². The Morgan fingerprint density at radius 3 is 2.79 bits per heavy atom. The lowest BCUT2D eigenvalue weighted by molar-refractivity contribution is -0.119. The number of nitrogens with one attached hydrogen (secondary N) is 1. The van der Waals surface area contributed by atoms with E-state index in [-0.39, 0.29) is 23.9 Å². The summed E-state index contributed by atoms with van der Waals surface area (Å²) in [6, 6.07) is 5.00. The van der Waals surface area contributed by atoms with Crippen molar-refractivity contribution in [2.75, 3.05) is 4.90 Å². The van der Waals surface area contributed by atoms with E-state index in [4.69, 9.17) is 11.6 Å². The zero-order chi connectivity index (χ0) is 20.0. The number of carbonyl (C=O) groups excluding carboxylic acids is 2. The first kappa shape index (κ1) is 18.7. The number of anilines is 1. The Labute approximate surface area is 169 Å². The van der Waals surface area contributed by atoms with Gasteiger partial charge in [0.25, 0.3) is 5.91 Å². The molecule has 0 unspecified atom stereocenters. The number of aromatic nitrogens is 1. The van der Waals surface area contributed by atoms with Gasteiger partial charge in [-0.25, -0.2) is 0 Å². The molecule has 1 aliphatic heterocycles. The highest BCUT2D eigenvalue weighted by Gasteiger charge is 2.40. The summed E-state index contributed by atoms with van der Waals surface area (Å²) in [6.07, 6.45) is 6.20. The molecule has 0 fully saturated rings. The SMILES string of the molecule is C=C(C)[C@H]1c2cc(Cl)ccc2C(=O)N1c1cncc2c1CCC[C@H]2NC(C)=O. The van der Waals surface area contributed by atoms with Crippen LogP contribution >= 0.6 is 11.6 Å². The van der Waals surface area contributed by atoms with Crippen LogP contribution in [0.15, 0.2) is 42.7 Å². The second kappa shape index (κ2) is 7.06. The Morgan fingerprint density at radius 1 is 1.29 bits per heavy atom. The normalized spacial score (nSPS) is 20.5. The summed E-state index contributed by atoms with van der Waals surface area (Å²) in [5, 5.41) is 3.60. The number of benzene rings is 1. The number of halogens is 1. The van der Waals surface area contributed by atoms with Crippen LogP contribution in [0.25, 0.3) is 0 Å². The van der Waals surface area contributed by atoms with Gasteiger partial charge >= 0.3 is 0 Å². The number of nitrogens with zero attached hydrogens (tertiary/aromatic N) is 2. The van der Waals surface area contributed by atoms with Crippen molar-refractivity contribution < 1.29 is 9.59 Å². The van der Waals surface area contributed by atoms with Gasteiger partial charge in [-0.2, -0.15) is 0 Å². The first-order valence-electron chi connectivity index (χ1n) is 9.40. The van der Waals surface area contributed by atoms with Gasteiger partial charge in [-0.05, 0) is 61.1 Å². The Bertz CT molecular complexity index is 1000. The molecule has 0 spiro atoms. The van der Waals surface area contributed by atoms with E-state index < -0.39 is 0 Å². The molecule has 4 rings (SSSR count). The molecule has 1 aliphatic carbocycles. The smallest absolute Gasteiger partial charge is 0.259 e. The summed E-state index contributed by atoms with van der Waals surface area (Å²) in [5.41, 5.74) is 5.22. The molecule has 2 aromatic rings. The second-order valence-corrected chi connectivity index (χ2v) is 7.96. The number of rotatable bonds is 3. The first-order valence-corrected chi connectivity index (χ1v) is 9.78.